The Kier molecular flexibility index (Phi) is 8.36. The number of aliphatic hydroxyl groups is 2. The van der Waals surface area contributed by atoms with E-state index in [1.807, 2.05) is 30.3 Å². The number of carbonyl (C=O) groups is 2. The van der Waals surface area contributed by atoms with Crippen molar-refractivity contribution in [2.45, 2.75) is 63.6 Å². The molecule has 0 radical (unpaired) electrons. The fourth-order valence-electron chi connectivity index (χ4n) is 4.90. The topological polar surface area (TPSA) is 161 Å². The van der Waals surface area contributed by atoms with Gasteiger partial charge in [-0.2, -0.15) is 0 Å². The van der Waals surface area contributed by atoms with Crippen LogP contribution in [0.5, 0.6) is 5.75 Å². The maximum absolute atomic E-state index is 13.0. The van der Waals surface area contributed by atoms with Crippen LogP contribution in [-0.4, -0.2) is 72.1 Å². The van der Waals surface area contributed by atoms with Gasteiger partial charge in [-0.05, 0) is 57.0 Å². The Morgan fingerprint density at radius 1 is 1.00 bits per heavy atom. The summed E-state index contributed by atoms with van der Waals surface area (Å²) in [6.07, 6.45) is 0.880. The summed E-state index contributed by atoms with van der Waals surface area (Å²) in [6, 6.07) is 14.8. The van der Waals surface area contributed by atoms with Crippen molar-refractivity contribution in [3.63, 3.8) is 0 Å². The van der Waals surface area contributed by atoms with Crippen LogP contribution in [0.15, 0.2) is 67.3 Å². The average molecular weight is 575 g/mol. The van der Waals surface area contributed by atoms with Gasteiger partial charge in [0.15, 0.2) is 18.1 Å². The number of amides is 1. The van der Waals surface area contributed by atoms with Crippen LogP contribution in [0.1, 0.15) is 49.2 Å². The first-order chi connectivity index (χ1) is 20.1. The average Bonchev–Trinajstić information content (AvgIpc) is 3.51. The molecule has 1 aliphatic rings. The lowest BCUT2D eigenvalue weighted by Crippen LogP contribution is -2.43. The zero-order valence-electron chi connectivity index (χ0n) is 23.6. The predicted octanol–water partition coefficient (Wildman–Crippen LogP) is 2.62. The highest BCUT2D eigenvalue weighted by molar-refractivity contribution is 5.94. The summed E-state index contributed by atoms with van der Waals surface area (Å²) in [5.41, 5.74) is 1.85. The number of esters is 1. The molecular weight excluding hydrogens is 540 g/mol. The maximum atomic E-state index is 13.0. The summed E-state index contributed by atoms with van der Waals surface area (Å²) in [4.78, 5) is 38.0. The number of nitrogens with one attached hydrogen (secondary N) is 2. The number of ether oxygens (including phenoxy) is 2. The van der Waals surface area contributed by atoms with E-state index in [2.05, 4.69) is 25.6 Å². The Balaban J connectivity index is 1.21. The molecule has 4 atom stereocenters. The van der Waals surface area contributed by atoms with Crippen LogP contribution in [0.4, 0.5) is 5.82 Å². The minimum atomic E-state index is -1.20. The van der Waals surface area contributed by atoms with E-state index in [0.717, 1.165) is 5.56 Å². The Morgan fingerprint density at radius 3 is 2.45 bits per heavy atom. The summed E-state index contributed by atoms with van der Waals surface area (Å²) < 4.78 is 12.4. The molecule has 5 rings (SSSR count). The van der Waals surface area contributed by atoms with E-state index in [0.29, 0.717) is 34.8 Å². The summed E-state index contributed by atoms with van der Waals surface area (Å²) >= 11 is 0. The molecule has 2 heterocycles. The van der Waals surface area contributed by atoms with Gasteiger partial charge in [-0.1, -0.05) is 30.3 Å². The molecule has 2 aromatic heterocycles. The third-order valence-electron chi connectivity index (χ3n) is 6.88. The van der Waals surface area contributed by atoms with Gasteiger partial charge in [-0.25, -0.2) is 19.7 Å². The van der Waals surface area contributed by atoms with Gasteiger partial charge in [-0.15, -0.1) is 0 Å². The number of nitrogens with zero attached hydrogens (tertiary/aromatic N) is 4. The van der Waals surface area contributed by atoms with Crippen molar-refractivity contribution in [2.24, 2.45) is 0 Å². The van der Waals surface area contributed by atoms with Crippen LogP contribution in [0.2, 0.25) is 0 Å². The highest BCUT2D eigenvalue weighted by Gasteiger charge is 2.44. The molecular formula is C30H34N6O6. The lowest BCUT2D eigenvalue weighted by atomic mass is 10.1. The number of aliphatic hydroxyl groups excluding tert-OH is 2. The van der Waals surface area contributed by atoms with Gasteiger partial charge in [0.1, 0.15) is 35.4 Å². The van der Waals surface area contributed by atoms with Crippen molar-refractivity contribution in [1.29, 1.82) is 0 Å². The monoisotopic (exact) mass is 574 g/mol. The molecule has 12 heteroatoms. The van der Waals surface area contributed by atoms with E-state index >= 15 is 0 Å². The van der Waals surface area contributed by atoms with Crippen molar-refractivity contribution in [3.05, 3.63) is 78.4 Å². The van der Waals surface area contributed by atoms with Crippen molar-refractivity contribution >= 4 is 28.9 Å². The predicted molar refractivity (Wildman–Crippen MR) is 154 cm³/mol. The largest absolute Gasteiger partial charge is 0.482 e. The lowest BCUT2D eigenvalue weighted by Gasteiger charge is -2.19. The molecule has 1 amide bonds. The molecule has 0 aliphatic heterocycles. The minimum absolute atomic E-state index is 0.255. The Hall–Kier alpha value is -4.55. The van der Waals surface area contributed by atoms with Crippen molar-refractivity contribution in [2.75, 3.05) is 11.9 Å². The van der Waals surface area contributed by atoms with Crippen LogP contribution in [-0.2, 0) is 16.1 Å². The highest BCUT2D eigenvalue weighted by atomic mass is 16.6. The number of anilines is 1. The number of fused-ring (bicyclic) bond motifs is 1. The van der Waals surface area contributed by atoms with E-state index in [4.69, 9.17) is 9.47 Å². The quantitative estimate of drug-likeness (QED) is 0.219. The van der Waals surface area contributed by atoms with Crippen LogP contribution >= 0.6 is 0 Å². The Morgan fingerprint density at radius 2 is 1.74 bits per heavy atom. The second-order valence-corrected chi connectivity index (χ2v) is 11.1. The van der Waals surface area contributed by atoms with E-state index in [1.54, 1.807) is 55.9 Å². The summed E-state index contributed by atoms with van der Waals surface area (Å²) in [5.74, 6) is 0.0414. The fraction of sp³-hybridized carbons (Fsp3) is 0.367. The van der Waals surface area contributed by atoms with Crippen molar-refractivity contribution in [1.82, 2.24) is 24.8 Å². The lowest BCUT2D eigenvalue weighted by molar-refractivity contribution is -0.157. The van der Waals surface area contributed by atoms with Gasteiger partial charge in [0.2, 0.25) is 0 Å². The number of hydrogen-bond donors (Lipinski definition) is 4. The molecule has 0 bridgehead atoms. The molecule has 1 fully saturated rings. The van der Waals surface area contributed by atoms with Gasteiger partial charge in [0.25, 0.3) is 5.91 Å². The normalized spacial score (nSPS) is 20.3. The number of hydrogen-bond acceptors (Lipinski definition) is 10. The molecule has 0 spiro atoms. The SMILES string of the molecule is CC(C)(C)OC(=O)COc1ccc(C(=O)N[C@@H]2C[C@H](n3cnc4c(NCc5ccccc5)ncnc43)[C@H](O)[C@@H]2O)cc1. The zero-order chi connectivity index (χ0) is 29.9. The summed E-state index contributed by atoms with van der Waals surface area (Å²) in [7, 11) is 0. The highest BCUT2D eigenvalue weighted by Crippen LogP contribution is 2.34. The molecule has 0 unspecified atom stereocenters. The van der Waals surface area contributed by atoms with Crippen LogP contribution < -0.4 is 15.4 Å². The van der Waals surface area contributed by atoms with Gasteiger partial charge in [-0.3, -0.25) is 4.79 Å². The Labute approximate surface area is 242 Å². The number of benzene rings is 2. The smallest absolute Gasteiger partial charge is 0.344 e. The number of rotatable bonds is 9. The number of imidazole rings is 1. The molecule has 1 saturated carbocycles. The van der Waals surface area contributed by atoms with Crippen LogP contribution in [0.3, 0.4) is 0 Å². The second-order valence-electron chi connectivity index (χ2n) is 11.1. The van der Waals surface area contributed by atoms with E-state index in [1.165, 1.54) is 6.33 Å². The Bertz CT molecular complexity index is 1540. The minimum Gasteiger partial charge on any atom is -0.482 e. The standard InChI is InChI=1S/C30H34N6O6/c1-30(2,3)42-23(37)15-41-20-11-9-19(10-12-20)29(40)35-21-13-22(26(39)25(21)38)36-17-34-24-27(32-16-33-28(24)36)31-14-18-7-5-4-6-8-18/h4-12,16-17,21-22,25-26,38-39H,13-15H2,1-3H3,(H,35,40)(H,31,32,33)/t21-,22+,25-,26+/m1/s1. The first-order valence-electron chi connectivity index (χ1n) is 13.7. The van der Waals surface area contributed by atoms with Gasteiger partial charge in [0.05, 0.1) is 18.4 Å². The molecule has 42 heavy (non-hydrogen) atoms. The van der Waals surface area contributed by atoms with E-state index in [9.17, 15) is 19.8 Å². The third kappa shape index (κ3) is 6.67. The van der Waals surface area contributed by atoms with Gasteiger partial charge in [0, 0.05) is 12.1 Å². The molecule has 12 nitrogen and oxygen atoms in total. The molecule has 4 aromatic rings. The molecule has 0 saturated heterocycles. The van der Waals surface area contributed by atoms with Crippen LogP contribution in [0.25, 0.3) is 11.2 Å². The zero-order valence-corrected chi connectivity index (χ0v) is 23.6. The summed E-state index contributed by atoms with van der Waals surface area (Å²) in [5, 5.41) is 27.8. The maximum Gasteiger partial charge on any atom is 0.344 e. The van der Waals surface area contributed by atoms with E-state index < -0.39 is 41.8 Å². The molecule has 220 valence electrons. The third-order valence-corrected chi connectivity index (χ3v) is 6.88. The van der Waals surface area contributed by atoms with Crippen molar-refractivity contribution < 1.29 is 29.3 Å². The first kappa shape index (κ1) is 29.0. The van der Waals surface area contributed by atoms with Gasteiger partial charge >= 0.3 is 5.97 Å². The molecule has 2 aromatic carbocycles. The molecule has 4 N–H and O–H groups in total. The second kappa shape index (κ2) is 12.1. The molecule has 1 aliphatic carbocycles. The summed E-state index contributed by atoms with van der Waals surface area (Å²) in [6.45, 7) is 5.61. The first-order valence-corrected chi connectivity index (χ1v) is 13.7. The fourth-order valence-corrected chi connectivity index (χ4v) is 4.90. The van der Waals surface area contributed by atoms with Crippen LogP contribution in [0, 0.1) is 0 Å². The van der Waals surface area contributed by atoms with Crippen molar-refractivity contribution in [3.8, 4) is 5.75 Å². The van der Waals surface area contributed by atoms with Gasteiger partial charge < -0.3 is 34.9 Å². The number of carbonyl (C=O) groups excluding carboxylic acids is 2. The van der Waals surface area contributed by atoms with E-state index in [-0.39, 0.29) is 13.0 Å². The number of aromatic nitrogens is 4.